The van der Waals surface area contributed by atoms with Crippen LogP contribution in [-0.4, -0.2) is 54.1 Å². The van der Waals surface area contributed by atoms with Crippen molar-refractivity contribution in [1.82, 2.24) is 14.9 Å². The lowest BCUT2D eigenvalue weighted by Crippen LogP contribution is -2.49. The molecule has 0 unspecified atom stereocenters. The molecule has 0 N–H and O–H groups in total. The molecule has 1 aliphatic rings. The maximum Gasteiger partial charge on any atom is 0.264 e. The lowest BCUT2D eigenvalue weighted by Gasteiger charge is -2.36. The van der Waals surface area contributed by atoms with Gasteiger partial charge in [0, 0.05) is 51.7 Å². The summed E-state index contributed by atoms with van der Waals surface area (Å²) in [6, 6.07) is 10.4. The summed E-state index contributed by atoms with van der Waals surface area (Å²) in [6.07, 6.45) is 1.59. The first-order valence-corrected chi connectivity index (χ1v) is 13.2. The minimum Gasteiger partial charge on any atom is -0.378 e. The minimum atomic E-state index is 0.124. The fourth-order valence-corrected chi connectivity index (χ4v) is 5.27. The van der Waals surface area contributed by atoms with Crippen LogP contribution in [0.2, 0.25) is 0 Å². The molecule has 0 atom stereocenters. The van der Waals surface area contributed by atoms with Crippen LogP contribution < -0.4 is 4.90 Å². The van der Waals surface area contributed by atoms with E-state index in [2.05, 4.69) is 50.8 Å². The van der Waals surface area contributed by atoms with E-state index in [1.165, 1.54) is 28.0 Å². The molecule has 1 fully saturated rings. The van der Waals surface area contributed by atoms with Crippen LogP contribution in [0.15, 0.2) is 35.7 Å². The molecule has 1 aromatic carbocycles. The van der Waals surface area contributed by atoms with Gasteiger partial charge in [-0.1, -0.05) is 43.7 Å². The molecule has 1 amide bonds. The van der Waals surface area contributed by atoms with Gasteiger partial charge in [-0.15, -0.1) is 11.3 Å². The fraction of sp³-hybridized carbons (Fsp3) is 0.464. The predicted octanol–water partition coefficient (Wildman–Crippen LogP) is 5.05. The molecule has 0 bridgehead atoms. The number of anilines is 1. The molecule has 3 aromatic rings. The number of ether oxygens (including phenoxy) is 1. The first-order chi connectivity index (χ1) is 16.9. The highest BCUT2D eigenvalue weighted by atomic mass is 32.1. The number of carbonyl (C=O) groups excluding carboxylic acids is 1. The quantitative estimate of drug-likeness (QED) is 0.440. The molecular weight excluding hydrogens is 456 g/mol. The Morgan fingerprint density at radius 3 is 2.54 bits per heavy atom. The first-order valence-electron chi connectivity index (χ1n) is 12.4. The Morgan fingerprint density at radius 2 is 1.89 bits per heavy atom. The van der Waals surface area contributed by atoms with Gasteiger partial charge in [0.1, 0.15) is 11.6 Å². The highest BCUT2D eigenvalue weighted by Crippen LogP contribution is 2.28. The molecule has 0 radical (unpaired) electrons. The van der Waals surface area contributed by atoms with Crippen molar-refractivity contribution >= 4 is 23.1 Å². The van der Waals surface area contributed by atoms with Crippen LogP contribution in [0.3, 0.4) is 0 Å². The molecule has 4 rings (SSSR count). The van der Waals surface area contributed by atoms with Gasteiger partial charge in [0.05, 0.1) is 17.2 Å². The zero-order chi connectivity index (χ0) is 24.9. The second-order valence-corrected chi connectivity index (χ2v) is 10.7. The summed E-state index contributed by atoms with van der Waals surface area (Å²) in [5.41, 5.74) is 5.90. The lowest BCUT2D eigenvalue weighted by molar-refractivity contribution is 0.0751. The van der Waals surface area contributed by atoms with Gasteiger partial charge in [0.15, 0.2) is 0 Å². The molecule has 0 saturated carbocycles. The van der Waals surface area contributed by atoms with E-state index in [1.807, 2.05) is 22.4 Å². The van der Waals surface area contributed by atoms with Crippen molar-refractivity contribution in [2.75, 3.05) is 38.2 Å². The third-order valence-corrected chi connectivity index (χ3v) is 7.32. The second kappa shape index (κ2) is 11.3. The van der Waals surface area contributed by atoms with Gasteiger partial charge in [-0.2, -0.15) is 0 Å². The van der Waals surface area contributed by atoms with E-state index < -0.39 is 0 Å². The van der Waals surface area contributed by atoms with Crippen LogP contribution >= 0.6 is 11.3 Å². The molecule has 35 heavy (non-hydrogen) atoms. The van der Waals surface area contributed by atoms with E-state index in [-0.39, 0.29) is 5.91 Å². The van der Waals surface area contributed by atoms with E-state index in [9.17, 15) is 4.79 Å². The molecular formula is C28H36N4O2S. The van der Waals surface area contributed by atoms with Crippen molar-refractivity contribution in [2.45, 2.75) is 47.1 Å². The number of piperazine rings is 1. The van der Waals surface area contributed by atoms with Crippen LogP contribution in [0.5, 0.6) is 0 Å². The Labute approximate surface area is 213 Å². The normalized spacial score (nSPS) is 14.1. The van der Waals surface area contributed by atoms with Gasteiger partial charge in [-0.25, -0.2) is 9.97 Å². The topological polar surface area (TPSA) is 58.6 Å². The van der Waals surface area contributed by atoms with Gasteiger partial charge < -0.3 is 14.5 Å². The number of rotatable bonds is 8. The standard InChI is InChI=1S/C28H36N4O2S/c1-19(2)15-26-29-24(18-34-5)23(17-22-16-20(3)8-9-21(22)4)27(30-26)31-10-12-32(13-11-31)28(33)25-7-6-14-35-25/h6-9,14,16,19H,10-13,15,17-18H2,1-5H3. The molecule has 186 valence electrons. The predicted molar refractivity (Wildman–Crippen MR) is 142 cm³/mol. The molecule has 2 aromatic heterocycles. The molecule has 0 aliphatic carbocycles. The minimum absolute atomic E-state index is 0.124. The number of aromatic nitrogens is 2. The van der Waals surface area contributed by atoms with Crippen LogP contribution in [0.1, 0.15) is 57.3 Å². The smallest absolute Gasteiger partial charge is 0.264 e. The number of hydrogen-bond donors (Lipinski definition) is 0. The summed E-state index contributed by atoms with van der Waals surface area (Å²) in [4.78, 5) is 28.0. The Hall–Kier alpha value is -2.77. The van der Waals surface area contributed by atoms with E-state index >= 15 is 0 Å². The maximum atomic E-state index is 12.9. The highest BCUT2D eigenvalue weighted by Gasteiger charge is 2.27. The number of nitrogens with zero attached hydrogens (tertiary/aromatic N) is 4. The summed E-state index contributed by atoms with van der Waals surface area (Å²) in [5.74, 6) is 2.44. The average Bonchev–Trinajstić information content (AvgIpc) is 3.37. The number of thiophene rings is 1. The van der Waals surface area contributed by atoms with E-state index in [0.717, 1.165) is 53.7 Å². The fourth-order valence-electron chi connectivity index (χ4n) is 4.58. The molecule has 1 aliphatic heterocycles. The number of amides is 1. The largest absolute Gasteiger partial charge is 0.378 e. The number of benzene rings is 1. The second-order valence-electron chi connectivity index (χ2n) is 9.78. The van der Waals surface area contributed by atoms with Crippen LogP contribution in [-0.2, 0) is 24.2 Å². The van der Waals surface area contributed by atoms with Crippen molar-refractivity contribution in [3.05, 3.63) is 74.4 Å². The SMILES string of the molecule is COCc1nc(CC(C)C)nc(N2CCN(C(=O)c3cccs3)CC2)c1Cc1cc(C)ccc1C. The van der Waals surface area contributed by atoms with Crippen LogP contribution in [0.4, 0.5) is 5.82 Å². The number of methoxy groups -OCH3 is 1. The zero-order valence-corrected chi connectivity index (χ0v) is 22.3. The van der Waals surface area contributed by atoms with Gasteiger partial charge in [-0.05, 0) is 42.3 Å². The van der Waals surface area contributed by atoms with Crippen molar-refractivity contribution in [3.63, 3.8) is 0 Å². The maximum absolute atomic E-state index is 12.9. The Balaban J connectivity index is 1.67. The van der Waals surface area contributed by atoms with Gasteiger partial charge >= 0.3 is 0 Å². The third kappa shape index (κ3) is 6.08. The van der Waals surface area contributed by atoms with Crippen molar-refractivity contribution in [1.29, 1.82) is 0 Å². The van der Waals surface area contributed by atoms with Crippen molar-refractivity contribution < 1.29 is 9.53 Å². The van der Waals surface area contributed by atoms with Crippen molar-refractivity contribution in [2.24, 2.45) is 5.92 Å². The van der Waals surface area contributed by atoms with Gasteiger partial charge in [0.25, 0.3) is 5.91 Å². The summed E-state index contributed by atoms with van der Waals surface area (Å²) >= 11 is 1.50. The monoisotopic (exact) mass is 492 g/mol. The highest BCUT2D eigenvalue weighted by molar-refractivity contribution is 7.12. The van der Waals surface area contributed by atoms with Gasteiger partial charge in [-0.3, -0.25) is 4.79 Å². The molecule has 3 heterocycles. The average molecular weight is 493 g/mol. The Bertz CT molecular complexity index is 1150. The molecule has 1 saturated heterocycles. The number of aryl methyl sites for hydroxylation is 2. The molecule has 0 spiro atoms. The van der Waals surface area contributed by atoms with Crippen molar-refractivity contribution in [3.8, 4) is 0 Å². The Morgan fingerprint density at radius 1 is 1.11 bits per heavy atom. The van der Waals surface area contributed by atoms with E-state index in [1.54, 1.807) is 7.11 Å². The van der Waals surface area contributed by atoms with E-state index in [4.69, 9.17) is 14.7 Å². The van der Waals surface area contributed by atoms with E-state index in [0.29, 0.717) is 25.6 Å². The Kier molecular flexibility index (Phi) is 8.19. The number of carbonyl (C=O) groups is 1. The molecule has 7 heteroatoms. The lowest BCUT2D eigenvalue weighted by atomic mass is 9.97. The van der Waals surface area contributed by atoms with Crippen LogP contribution in [0, 0.1) is 19.8 Å². The molecule has 6 nitrogen and oxygen atoms in total. The first kappa shape index (κ1) is 25.3. The van der Waals surface area contributed by atoms with Gasteiger partial charge in [0.2, 0.25) is 0 Å². The summed E-state index contributed by atoms with van der Waals surface area (Å²) in [7, 11) is 1.72. The third-order valence-electron chi connectivity index (χ3n) is 6.46. The number of hydrogen-bond acceptors (Lipinski definition) is 6. The summed E-state index contributed by atoms with van der Waals surface area (Å²) < 4.78 is 5.59. The van der Waals surface area contributed by atoms with Crippen LogP contribution in [0.25, 0.3) is 0 Å². The summed E-state index contributed by atoms with van der Waals surface area (Å²) in [5, 5.41) is 1.96. The zero-order valence-electron chi connectivity index (χ0n) is 21.5. The summed E-state index contributed by atoms with van der Waals surface area (Å²) in [6.45, 7) is 12.0.